The number of hydrogen-bond donors (Lipinski definition) is 2. The number of aliphatic hydroxyl groups excluding tert-OH is 2. The Labute approximate surface area is 97.6 Å². The highest BCUT2D eigenvalue weighted by atomic mass is 16.6. The van der Waals surface area contributed by atoms with Gasteiger partial charge in [-0.25, -0.2) is 0 Å². The predicted octanol–water partition coefficient (Wildman–Crippen LogP) is 0.778. The van der Waals surface area contributed by atoms with Crippen LogP contribution in [0.5, 0.6) is 0 Å². The summed E-state index contributed by atoms with van der Waals surface area (Å²) in [5, 5.41) is 29.2. The number of nitrogens with zero attached hydrogens (tertiary/aromatic N) is 1. The molecular formula is C11H13NO5. The van der Waals surface area contributed by atoms with Crippen molar-refractivity contribution >= 4 is 5.69 Å². The van der Waals surface area contributed by atoms with E-state index in [1.807, 2.05) is 0 Å². The molecule has 0 aromatic heterocycles. The largest absolute Gasteiger partial charge is 0.394 e. The fourth-order valence-corrected chi connectivity index (χ4v) is 1.95. The summed E-state index contributed by atoms with van der Waals surface area (Å²) in [6.45, 7) is -0.257. The lowest BCUT2D eigenvalue weighted by Crippen LogP contribution is -2.24. The average Bonchev–Trinajstić information content (AvgIpc) is 2.71. The molecule has 1 aromatic carbocycles. The Kier molecular flexibility index (Phi) is 3.37. The van der Waals surface area contributed by atoms with Crippen LogP contribution < -0.4 is 0 Å². The van der Waals surface area contributed by atoms with Gasteiger partial charge in [0.2, 0.25) is 0 Å². The summed E-state index contributed by atoms with van der Waals surface area (Å²) in [5.41, 5.74) is 0.641. The molecule has 1 aliphatic rings. The quantitative estimate of drug-likeness (QED) is 0.600. The fourth-order valence-electron chi connectivity index (χ4n) is 1.95. The lowest BCUT2D eigenvalue weighted by Gasteiger charge is -2.11. The predicted molar refractivity (Wildman–Crippen MR) is 58.4 cm³/mol. The van der Waals surface area contributed by atoms with Crippen LogP contribution in [0.15, 0.2) is 24.3 Å². The van der Waals surface area contributed by atoms with Gasteiger partial charge in [-0.15, -0.1) is 0 Å². The van der Waals surface area contributed by atoms with E-state index in [0.717, 1.165) is 0 Å². The van der Waals surface area contributed by atoms with Gasteiger partial charge in [-0.2, -0.15) is 0 Å². The molecule has 6 heteroatoms. The van der Waals surface area contributed by atoms with Gasteiger partial charge in [-0.1, -0.05) is 12.1 Å². The highest BCUT2D eigenvalue weighted by molar-refractivity contribution is 5.35. The van der Waals surface area contributed by atoms with E-state index in [9.17, 15) is 15.2 Å². The van der Waals surface area contributed by atoms with Crippen molar-refractivity contribution in [3.63, 3.8) is 0 Å². The van der Waals surface area contributed by atoms with Crippen LogP contribution >= 0.6 is 0 Å². The lowest BCUT2D eigenvalue weighted by atomic mass is 10.0. The minimum Gasteiger partial charge on any atom is -0.394 e. The van der Waals surface area contributed by atoms with Gasteiger partial charge >= 0.3 is 0 Å². The van der Waals surface area contributed by atoms with E-state index < -0.39 is 23.2 Å². The van der Waals surface area contributed by atoms with Crippen molar-refractivity contribution in [1.29, 1.82) is 0 Å². The minimum atomic E-state index is -0.732. The van der Waals surface area contributed by atoms with Crippen LogP contribution in [0.4, 0.5) is 5.69 Å². The second kappa shape index (κ2) is 4.79. The molecule has 1 aliphatic heterocycles. The van der Waals surface area contributed by atoms with Gasteiger partial charge in [0.1, 0.15) is 6.10 Å². The Hall–Kier alpha value is -1.50. The summed E-state index contributed by atoms with van der Waals surface area (Å²) in [6, 6.07) is 6.12. The van der Waals surface area contributed by atoms with E-state index in [1.54, 1.807) is 12.1 Å². The first-order valence-corrected chi connectivity index (χ1v) is 5.30. The molecular weight excluding hydrogens is 226 g/mol. The molecule has 1 saturated heterocycles. The first-order chi connectivity index (χ1) is 8.11. The maximum atomic E-state index is 10.6. The van der Waals surface area contributed by atoms with E-state index in [2.05, 4.69) is 0 Å². The van der Waals surface area contributed by atoms with Crippen molar-refractivity contribution in [2.24, 2.45) is 0 Å². The van der Waals surface area contributed by atoms with Gasteiger partial charge in [0.25, 0.3) is 5.69 Å². The van der Waals surface area contributed by atoms with Crippen molar-refractivity contribution in [1.82, 2.24) is 0 Å². The molecule has 2 N–H and O–H groups in total. The molecule has 0 amide bonds. The third-order valence-electron chi connectivity index (χ3n) is 2.86. The van der Waals surface area contributed by atoms with Gasteiger partial charge in [0.15, 0.2) is 0 Å². The van der Waals surface area contributed by atoms with Crippen molar-refractivity contribution in [2.45, 2.75) is 24.7 Å². The molecule has 0 radical (unpaired) electrons. The maximum absolute atomic E-state index is 10.6. The first-order valence-electron chi connectivity index (χ1n) is 5.30. The molecule has 6 nitrogen and oxygen atoms in total. The average molecular weight is 239 g/mol. The van der Waals surface area contributed by atoms with Crippen LogP contribution in [-0.2, 0) is 4.74 Å². The number of non-ortho nitro benzene ring substituents is 1. The molecule has 1 fully saturated rings. The molecule has 2 rings (SSSR count). The zero-order chi connectivity index (χ0) is 12.4. The molecule has 3 atom stereocenters. The topological polar surface area (TPSA) is 92.8 Å². The second-order valence-electron chi connectivity index (χ2n) is 4.00. The maximum Gasteiger partial charge on any atom is 0.269 e. The summed E-state index contributed by atoms with van der Waals surface area (Å²) in [7, 11) is 0. The van der Waals surface area contributed by atoms with Crippen LogP contribution in [0.1, 0.15) is 18.1 Å². The molecule has 1 aromatic rings. The van der Waals surface area contributed by atoms with Gasteiger partial charge in [0, 0.05) is 18.6 Å². The second-order valence-corrected chi connectivity index (χ2v) is 4.00. The molecule has 17 heavy (non-hydrogen) atoms. The van der Waals surface area contributed by atoms with E-state index in [-0.39, 0.29) is 12.3 Å². The first kappa shape index (κ1) is 12.0. The number of hydrogen-bond acceptors (Lipinski definition) is 5. The van der Waals surface area contributed by atoms with Crippen molar-refractivity contribution in [2.75, 3.05) is 6.61 Å². The van der Waals surface area contributed by atoms with E-state index in [4.69, 9.17) is 9.84 Å². The molecule has 0 bridgehead atoms. The Morgan fingerprint density at radius 3 is 2.88 bits per heavy atom. The molecule has 1 heterocycles. The van der Waals surface area contributed by atoms with E-state index in [1.165, 1.54) is 12.1 Å². The van der Waals surface area contributed by atoms with Crippen molar-refractivity contribution in [3.05, 3.63) is 39.9 Å². The Morgan fingerprint density at radius 2 is 2.29 bits per heavy atom. The third kappa shape index (κ3) is 2.44. The fraction of sp³-hybridized carbons (Fsp3) is 0.455. The van der Waals surface area contributed by atoms with Crippen LogP contribution in [0.2, 0.25) is 0 Å². The zero-order valence-electron chi connectivity index (χ0n) is 9.02. The van der Waals surface area contributed by atoms with E-state index in [0.29, 0.717) is 12.0 Å². The highest BCUT2D eigenvalue weighted by Gasteiger charge is 2.34. The van der Waals surface area contributed by atoms with Gasteiger partial charge in [-0.05, 0) is 5.56 Å². The van der Waals surface area contributed by atoms with Crippen LogP contribution in [-0.4, -0.2) is 34.0 Å². The molecule has 0 spiro atoms. The Morgan fingerprint density at radius 1 is 1.53 bits per heavy atom. The Bertz CT molecular complexity index is 422. The monoisotopic (exact) mass is 239 g/mol. The SMILES string of the molecule is O=[N+]([O-])c1cccc(C2C[C@H](O)[C@@H](CO)O2)c1. The van der Waals surface area contributed by atoms with Gasteiger partial charge < -0.3 is 14.9 Å². The number of nitro groups is 1. The Balaban J connectivity index is 2.18. The molecule has 0 saturated carbocycles. The summed E-state index contributed by atoms with van der Waals surface area (Å²) in [6.07, 6.45) is -1.41. The molecule has 92 valence electrons. The summed E-state index contributed by atoms with van der Waals surface area (Å²) >= 11 is 0. The van der Waals surface area contributed by atoms with Crippen LogP contribution in [0, 0.1) is 10.1 Å². The lowest BCUT2D eigenvalue weighted by molar-refractivity contribution is -0.385. The summed E-state index contributed by atoms with van der Waals surface area (Å²) in [4.78, 5) is 10.2. The van der Waals surface area contributed by atoms with Crippen molar-refractivity contribution in [3.8, 4) is 0 Å². The molecule has 0 aliphatic carbocycles. The minimum absolute atomic E-state index is 0.00645. The third-order valence-corrected chi connectivity index (χ3v) is 2.86. The van der Waals surface area contributed by atoms with E-state index >= 15 is 0 Å². The normalized spacial score (nSPS) is 28.2. The number of ether oxygens (including phenoxy) is 1. The highest BCUT2D eigenvalue weighted by Crippen LogP contribution is 2.34. The standard InChI is InChI=1S/C11H13NO5/c13-6-11-9(14)5-10(17-11)7-2-1-3-8(4-7)12(15)16/h1-4,9-11,13-14H,5-6H2/t9-,10?,11+/m0/s1. The van der Waals surface area contributed by atoms with Gasteiger partial charge in [-0.3, -0.25) is 10.1 Å². The summed E-state index contributed by atoms with van der Waals surface area (Å²) < 4.78 is 5.42. The molecule has 1 unspecified atom stereocenters. The van der Waals surface area contributed by atoms with Gasteiger partial charge in [0.05, 0.1) is 23.7 Å². The number of aliphatic hydroxyl groups is 2. The number of nitro benzene ring substituents is 1. The van der Waals surface area contributed by atoms with Crippen LogP contribution in [0.3, 0.4) is 0 Å². The van der Waals surface area contributed by atoms with Crippen molar-refractivity contribution < 1.29 is 19.9 Å². The summed E-state index contributed by atoms with van der Waals surface area (Å²) in [5.74, 6) is 0. The number of rotatable bonds is 3. The van der Waals surface area contributed by atoms with Crippen LogP contribution in [0.25, 0.3) is 0 Å². The number of benzene rings is 1. The zero-order valence-corrected chi connectivity index (χ0v) is 9.02. The smallest absolute Gasteiger partial charge is 0.269 e.